The summed E-state index contributed by atoms with van der Waals surface area (Å²) in [7, 11) is 1.78. The number of aryl methyl sites for hydroxylation is 1. The highest BCUT2D eigenvalue weighted by molar-refractivity contribution is 5.95. The van der Waals surface area contributed by atoms with E-state index >= 15 is 4.39 Å². The number of imidazole rings is 1. The topological polar surface area (TPSA) is 68.6 Å². The molecular formula is C29H24FN5. The van der Waals surface area contributed by atoms with E-state index in [2.05, 4.69) is 40.2 Å². The predicted molar refractivity (Wildman–Crippen MR) is 134 cm³/mol. The molecule has 0 fully saturated rings. The average molecular weight is 462 g/mol. The molecule has 0 N–H and O–H groups in total. The Labute approximate surface area is 204 Å². The fourth-order valence-electron chi connectivity index (χ4n) is 4.99. The van der Waals surface area contributed by atoms with Gasteiger partial charge < -0.3 is 4.57 Å². The van der Waals surface area contributed by atoms with Crippen LogP contribution in [-0.4, -0.2) is 34.1 Å². The standard InChI is InChI=1S/C29H24FN5/c1-34-20-33-17-28(34)29(30,24-11-9-21(15-31)10-12-24)19-35-14-13-23(16-32)27(18-35)26-8-4-6-22-5-2-3-7-25(22)26/h2-12,17,20H,13-14,18-19H2,1H3. The lowest BCUT2D eigenvalue weighted by Crippen LogP contribution is -2.42. The Bertz CT molecular complexity index is 1500. The number of rotatable bonds is 5. The highest BCUT2D eigenvalue weighted by Gasteiger charge is 2.40. The monoisotopic (exact) mass is 461 g/mol. The van der Waals surface area contributed by atoms with Gasteiger partial charge in [0.05, 0.1) is 35.9 Å². The minimum atomic E-state index is -1.84. The molecule has 3 aromatic carbocycles. The maximum absolute atomic E-state index is 17.1. The van der Waals surface area contributed by atoms with Crippen LogP contribution < -0.4 is 0 Å². The van der Waals surface area contributed by atoms with Crippen molar-refractivity contribution in [1.82, 2.24) is 14.5 Å². The molecule has 0 saturated heterocycles. The molecule has 1 aromatic heterocycles. The van der Waals surface area contributed by atoms with Crippen LogP contribution in [-0.2, 0) is 12.7 Å². The van der Waals surface area contributed by atoms with E-state index in [1.807, 2.05) is 24.3 Å². The van der Waals surface area contributed by atoms with Crippen LogP contribution in [0.15, 0.2) is 84.8 Å². The van der Waals surface area contributed by atoms with Gasteiger partial charge in [-0.05, 0) is 46.0 Å². The van der Waals surface area contributed by atoms with Crippen LogP contribution in [0.4, 0.5) is 4.39 Å². The first kappa shape index (κ1) is 22.5. The zero-order valence-electron chi connectivity index (χ0n) is 19.4. The van der Waals surface area contributed by atoms with E-state index in [1.54, 1.807) is 48.4 Å². The number of hydrogen-bond donors (Lipinski definition) is 0. The molecule has 0 radical (unpaired) electrons. The SMILES string of the molecule is Cn1cncc1C(F)(CN1CCC(C#N)=C(c2cccc3ccccc23)C1)c1ccc(C#N)cc1. The molecule has 4 aromatic rings. The van der Waals surface area contributed by atoms with Crippen molar-refractivity contribution < 1.29 is 4.39 Å². The minimum absolute atomic E-state index is 0.103. The van der Waals surface area contributed by atoms with Crippen LogP contribution in [0.3, 0.4) is 0 Å². The third-order valence-corrected chi connectivity index (χ3v) is 6.81. The molecule has 172 valence electrons. The lowest BCUT2D eigenvalue weighted by atomic mass is 9.88. The number of benzene rings is 3. The number of halogens is 1. The Hall–Kier alpha value is -4.26. The molecule has 35 heavy (non-hydrogen) atoms. The van der Waals surface area contributed by atoms with Crippen molar-refractivity contribution in [3.05, 3.63) is 107 Å². The quantitative estimate of drug-likeness (QED) is 0.402. The van der Waals surface area contributed by atoms with E-state index in [-0.39, 0.29) is 6.54 Å². The van der Waals surface area contributed by atoms with Crippen LogP contribution in [0.5, 0.6) is 0 Å². The van der Waals surface area contributed by atoms with Gasteiger partial charge in [0, 0.05) is 32.3 Å². The largest absolute Gasteiger partial charge is 0.335 e. The van der Waals surface area contributed by atoms with Crippen LogP contribution in [0.1, 0.15) is 28.8 Å². The summed E-state index contributed by atoms with van der Waals surface area (Å²) in [4.78, 5) is 6.23. The van der Waals surface area contributed by atoms with Crippen molar-refractivity contribution in [3.8, 4) is 12.1 Å². The highest BCUT2D eigenvalue weighted by Crippen LogP contribution is 2.38. The molecule has 1 aliphatic rings. The van der Waals surface area contributed by atoms with Crippen molar-refractivity contribution in [2.24, 2.45) is 7.05 Å². The van der Waals surface area contributed by atoms with E-state index in [9.17, 15) is 10.5 Å². The van der Waals surface area contributed by atoms with Crippen LogP contribution in [0.25, 0.3) is 16.3 Å². The van der Waals surface area contributed by atoms with Gasteiger partial charge in [-0.15, -0.1) is 0 Å². The number of aromatic nitrogens is 2. The molecule has 6 heteroatoms. The second kappa shape index (κ2) is 9.18. The Kier molecular flexibility index (Phi) is 5.91. The summed E-state index contributed by atoms with van der Waals surface area (Å²) in [6.45, 7) is 1.15. The summed E-state index contributed by atoms with van der Waals surface area (Å²) in [5.74, 6) is 0. The molecule has 0 aliphatic carbocycles. The van der Waals surface area contributed by atoms with Gasteiger partial charge >= 0.3 is 0 Å². The summed E-state index contributed by atoms with van der Waals surface area (Å²) in [6.07, 6.45) is 3.72. The highest BCUT2D eigenvalue weighted by atomic mass is 19.1. The van der Waals surface area contributed by atoms with Crippen LogP contribution in [0, 0.1) is 22.7 Å². The van der Waals surface area contributed by atoms with Crippen molar-refractivity contribution in [2.45, 2.75) is 12.1 Å². The second-order valence-corrected chi connectivity index (χ2v) is 8.94. The summed E-state index contributed by atoms with van der Waals surface area (Å²) >= 11 is 0. The molecule has 5 nitrogen and oxygen atoms in total. The van der Waals surface area contributed by atoms with E-state index in [4.69, 9.17) is 0 Å². The number of fused-ring (bicyclic) bond motifs is 1. The Morgan fingerprint density at radius 3 is 2.49 bits per heavy atom. The summed E-state index contributed by atoms with van der Waals surface area (Å²) in [5.41, 5.74) is 2.29. The molecule has 1 unspecified atom stereocenters. The van der Waals surface area contributed by atoms with Gasteiger partial charge in [0.25, 0.3) is 0 Å². The Morgan fingerprint density at radius 1 is 1.00 bits per heavy atom. The average Bonchev–Trinajstić information content (AvgIpc) is 3.35. The van der Waals surface area contributed by atoms with Crippen LogP contribution in [0.2, 0.25) is 0 Å². The molecule has 5 rings (SSSR count). The molecule has 1 atom stereocenters. The fraction of sp³-hybridized carbons (Fsp3) is 0.207. The Balaban J connectivity index is 1.54. The molecule has 0 bridgehead atoms. The fourth-order valence-corrected chi connectivity index (χ4v) is 4.99. The van der Waals surface area contributed by atoms with Gasteiger partial charge in [-0.2, -0.15) is 10.5 Å². The number of hydrogen-bond acceptors (Lipinski definition) is 4. The maximum atomic E-state index is 17.1. The van der Waals surface area contributed by atoms with Gasteiger partial charge in [-0.3, -0.25) is 4.90 Å². The smallest absolute Gasteiger partial charge is 0.189 e. The first-order valence-corrected chi connectivity index (χ1v) is 11.5. The van der Waals surface area contributed by atoms with Crippen molar-refractivity contribution >= 4 is 16.3 Å². The normalized spacial score (nSPS) is 16.0. The lowest BCUT2D eigenvalue weighted by Gasteiger charge is -2.36. The van der Waals surface area contributed by atoms with E-state index in [0.29, 0.717) is 36.3 Å². The van der Waals surface area contributed by atoms with E-state index < -0.39 is 5.67 Å². The number of nitrogens with zero attached hydrogens (tertiary/aromatic N) is 5. The third-order valence-electron chi connectivity index (χ3n) is 6.81. The number of alkyl halides is 1. The zero-order valence-corrected chi connectivity index (χ0v) is 19.4. The van der Waals surface area contributed by atoms with Crippen LogP contribution >= 0.6 is 0 Å². The molecule has 2 heterocycles. The third kappa shape index (κ3) is 4.10. The van der Waals surface area contributed by atoms with Gasteiger partial charge in [-0.25, -0.2) is 9.37 Å². The van der Waals surface area contributed by atoms with Crippen molar-refractivity contribution in [2.75, 3.05) is 19.6 Å². The Morgan fingerprint density at radius 2 is 1.77 bits per heavy atom. The van der Waals surface area contributed by atoms with Gasteiger partial charge in [0.1, 0.15) is 0 Å². The predicted octanol–water partition coefficient (Wildman–Crippen LogP) is 5.34. The van der Waals surface area contributed by atoms with Gasteiger partial charge in [0.15, 0.2) is 5.67 Å². The van der Waals surface area contributed by atoms with Gasteiger partial charge in [0.2, 0.25) is 0 Å². The summed E-state index contributed by atoms with van der Waals surface area (Å²) in [5, 5.41) is 21.3. The maximum Gasteiger partial charge on any atom is 0.189 e. The zero-order chi connectivity index (χ0) is 24.4. The van der Waals surface area contributed by atoms with Crippen molar-refractivity contribution in [3.63, 3.8) is 0 Å². The molecule has 0 spiro atoms. The molecule has 0 saturated carbocycles. The lowest BCUT2D eigenvalue weighted by molar-refractivity contribution is 0.128. The molecular weight excluding hydrogens is 437 g/mol. The van der Waals surface area contributed by atoms with E-state index in [1.165, 1.54) is 0 Å². The molecule has 0 amide bonds. The molecule has 1 aliphatic heterocycles. The van der Waals surface area contributed by atoms with Gasteiger partial charge in [-0.1, -0.05) is 54.6 Å². The minimum Gasteiger partial charge on any atom is -0.335 e. The summed E-state index contributed by atoms with van der Waals surface area (Å²) in [6, 6.07) is 25.4. The second-order valence-electron chi connectivity index (χ2n) is 8.94. The number of nitriles is 2. The van der Waals surface area contributed by atoms with Crippen molar-refractivity contribution in [1.29, 1.82) is 10.5 Å². The van der Waals surface area contributed by atoms with E-state index in [0.717, 1.165) is 27.5 Å². The first-order chi connectivity index (χ1) is 17.0. The first-order valence-electron chi connectivity index (χ1n) is 11.5. The summed E-state index contributed by atoms with van der Waals surface area (Å²) < 4.78 is 18.8.